The van der Waals surface area contributed by atoms with Crippen molar-refractivity contribution in [2.24, 2.45) is 0 Å². The van der Waals surface area contributed by atoms with Crippen LogP contribution >= 0.6 is 0 Å². The number of ether oxygens (including phenoxy) is 4. The average molecular weight is 793 g/mol. The van der Waals surface area contributed by atoms with Gasteiger partial charge in [-0.1, -0.05) is 159 Å². The van der Waals surface area contributed by atoms with Crippen LogP contribution in [0.3, 0.4) is 0 Å². The summed E-state index contributed by atoms with van der Waals surface area (Å²) in [5.74, 6) is -0.817. The van der Waals surface area contributed by atoms with Crippen molar-refractivity contribution in [2.75, 3.05) is 19.8 Å². The number of rotatable bonds is 36. The van der Waals surface area contributed by atoms with Crippen LogP contribution in [0.4, 0.5) is 0 Å². The summed E-state index contributed by atoms with van der Waals surface area (Å²) < 4.78 is 22.1. The van der Waals surface area contributed by atoms with Gasteiger partial charge in [0.25, 0.3) is 0 Å². The average Bonchev–Trinajstić information content (AvgIpc) is 3.19. The molecule has 10 heteroatoms. The van der Waals surface area contributed by atoms with E-state index in [1.807, 2.05) is 0 Å². The van der Waals surface area contributed by atoms with E-state index in [0.717, 1.165) is 70.6 Å². The third-order valence-electron chi connectivity index (χ3n) is 9.98. The van der Waals surface area contributed by atoms with Gasteiger partial charge in [0.2, 0.25) is 0 Å². The normalized spacial score (nSPS) is 20.9. The number of carbonyl (C=O) groups excluding carboxylic acids is 2. The molecule has 0 spiro atoms. The predicted octanol–water partition coefficient (Wildman–Crippen LogP) is 9.27. The van der Waals surface area contributed by atoms with Crippen molar-refractivity contribution < 1.29 is 49.0 Å². The maximum absolute atomic E-state index is 12.8. The number of hydrogen-bond donors (Lipinski definition) is 4. The summed E-state index contributed by atoms with van der Waals surface area (Å²) >= 11 is 0. The van der Waals surface area contributed by atoms with Crippen LogP contribution in [0, 0.1) is 0 Å². The Balaban J connectivity index is 2.30. The zero-order valence-electron chi connectivity index (χ0n) is 35.1. The van der Waals surface area contributed by atoms with Crippen molar-refractivity contribution in [3.05, 3.63) is 48.6 Å². The lowest BCUT2D eigenvalue weighted by atomic mass is 9.99. The highest BCUT2D eigenvalue weighted by Gasteiger charge is 2.44. The highest BCUT2D eigenvalue weighted by Crippen LogP contribution is 2.22. The lowest BCUT2D eigenvalue weighted by molar-refractivity contribution is -0.305. The van der Waals surface area contributed by atoms with Crippen LogP contribution in [0.15, 0.2) is 48.6 Å². The van der Waals surface area contributed by atoms with Crippen LogP contribution in [-0.2, 0) is 28.5 Å². The fraction of sp³-hybridized carbons (Fsp3) is 0.783. The molecular formula is C46H80O10. The van der Waals surface area contributed by atoms with Crippen LogP contribution < -0.4 is 0 Å². The van der Waals surface area contributed by atoms with Gasteiger partial charge in [-0.15, -0.1) is 0 Å². The first-order chi connectivity index (χ1) is 27.3. The maximum Gasteiger partial charge on any atom is 0.306 e. The van der Waals surface area contributed by atoms with E-state index in [2.05, 4.69) is 62.5 Å². The molecule has 1 fully saturated rings. The Kier molecular flexibility index (Phi) is 34.1. The summed E-state index contributed by atoms with van der Waals surface area (Å²) in [7, 11) is 0. The Morgan fingerprint density at radius 1 is 0.571 bits per heavy atom. The first kappa shape index (κ1) is 51.7. The molecule has 6 unspecified atom stereocenters. The van der Waals surface area contributed by atoms with E-state index in [1.54, 1.807) is 0 Å². The molecule has 1 aliphatic heterocycles. The molecule has 0 aromatic rings. The van der Waals surface area contributed by atoms with Gasteiger partial charge in [0.1, 0.15) is 31.0 Å². The van der Waals surface area contributed by atoms with Gasteiger partial charge < -0.3 is 39.4 Å². The lowest BCUT2D eigenvalue weighted by Gasteiger charge is -2.39. The fourth-order valence-electron chi connectivity index (χ4n) is 6.47. The summed E-state index contributed by atoms with van der Waals surface area (Å²) in [4.78, 5) is 25.3. The second-order valence-corrected chi connectivity index (χ2v) is 15.1. The van der Waals surface area contributed by atoms with Crippen molar-refractivity contribution in [1.82, 2.24) is 0 Å². The molecule has 0 aromatic heterocycles. The first-order valence-electron chi connectivity index (χ1n) is 22.2. The zero-order valence-corrected chi connectivity index (χ0v) is 35.1. The third kappa shape index (κ3) is 28.1. The summed E-state index contributed by atoms with van der Waals surface area (Å²) in [6.07, 6.45) is 35.5. The molecular weight excluding hydrogens is 712 g/mol. The van der Waals surface area contributed by atoms with Crippen molar-refractivity contribution in [2.45, 2.75) is 211 Å². The molecule has 0 amide bonds. The van der Waals surface area contributed by atoms with E-state index in [9.17, 15) is 30.0 Å². The number of aliphatic hydroxyl groups excluding tert-OH is 4. The Bertz CT molecular complexity index is 1050. The molecule has 0 aromatic carbocycles. The zero-order chi connectivity index (χ0) is 40.9. The number of carbonyl (C=O) groups is 2. The second kappa shape index (κ2) is 37.0. The van der Waals surface area contributed by atoms with Crippen molar-refractivity contribution in [1.29, 1.82) is 0 Å². The van der Waals surface area contributed by atoms with Crippen molar-refractivity contribution in [3.8, 4) is 0 Å². The van der Waals surface area contributed by atoms with Gasteiger partial charge in [-0.05, 0) is 51.4 Å². The molecule has 56 heavy (non-hydrogen) atoms. The van der Waals surface area contributed by atoms with Crippen molar-refractivity contribution in [3.63, 3.8) is 0 Å². The minimum Gasteiger partial charge on any atom is -0.462 e. The van der Waals surface area contributed by atoms with Gasteiger partial charge in [0.15, 0.2) is 12.4 Å². The van der Waals surface area contributed by atoms with Crippen LogP contribution in [0.25, 0.3) is 0 Å². The monoisotopic (exact) mass is 793 g/mol. The number of allylic oxidation sites excluding steroid dienone is 8. The molecule has 324 valence electrons. The minimum absolute atomic E-state index is 0.220. The molecule has 0 radical (unpaired) electrons. The SMILES string of the molecule is CC/C=C\C/C=C\C/C=C\C/C=C\CCCCCCCCCCC(=O)OC(COC(=O)CCCCCCCCCCCC)COC1OC(CO)C(O)C(O)C1O. The summed E-state index contributed by atoms with van der Waals surface area (Å²) in [6, 6.07) is 0. The van der Waals surface area contributed by atoms with Gasteiger partial charge in [0.05, 0.1) is 13.2 Å². The van der Waals surface area contributed by atoms with Gasteiger partial charge in [0, 0.05) is 12.8 Å². The van der Waals surface area contributed by atoms with E-state index in [4.69, 9.17) is 18.9 Å². The van der Waals surface area contributed by atoms with E-state index in [0.29, 0.717) is 6.42 Å². The minimum atomic E-state index is -1.60. The largest absolute Gasteiger partial charge is 0.462 e. The smallest absolute Gasteiger partial charge is 0.306 e. The predicted molar refractivity (Wildman–Crippen MR) is 224 cm³/mol. The molecule has 6 atom stereocenters. The maximum atomic E-state index is 12.8. The Morgan fingerprint density at radius 3 is 1.59 bits per heavy atom. The lowest BCUT2D eigenvalue weighted by Crippen LogP contribution is -2.59. The number of unbranched alkanes of at least 4 members (excludes halogenated alkanes) is 17. The molecule has 1 rings (SSSR count). The summed E-state index contributed by atoms with van der Waals surface area (Å²) in [5.41, 5.74) is 0. The Hall–Kier alpha value is -2.34. The summed E-state index contributed by atoms with van der Waals surface area (Å²) in [5, 5.41) is 40.0. The van der Waals surface area contributed by atoms with Crippen LogP contribution in [-0.4, -0.2) is 89.0 Å². The van der Waals surface area contributed by atoms with Gasteiger partial charge in [-0.3, -0.25) is 9.59 Å². The van der Waals surface area contributed by atoms with Crippen LogP contribution in [0.2, 0.25) is 0 Å². The molecule has 1 heterocycles. The molecule has 0 saturated carbocycles. The first-order valence-corrected chi connectivity index (χ1v) is 22.2. The molecule has 1 aliphatic rings. The van der Waals surface area contributed by atoms with E-state index < -0.39 is 49.4 Å². The quantitative estimate of drug-likeness (QED) is 0.0275. The Labute approximate surface area is 339 Å². The van der Waals surface area contributed by atoms with E-state index in [1.165, 1.54) is 70.6 Å². The number of hydrogen-bond acceptors (Lipinski definition) is 10. The second-order valence-electron chi connectivity index (χ2n) is 15.1. The highest BCUT2D eigenvalue weighted by molar-refractivity contribution is 5.70. The van der Waals surface area contributed by atoms with Crippen LogP contribution in [0.1, 0.15) is 174 Å². The topological polar surface area (TPSA) is 152 Å². The van der Waals surface area contributed by atoms with Crippen molar-refractivity contribution >= 4 is 11.9 Å². The van der Waals surface area contributed by atoms with Gasteiger partial charge >= 0.3 is 11.9 Å². The summed E-state index contributed by atoms with van der Waals surface area (Å²) in [6.45, 7) is 3.28. The standard InChI is InChI=1S/C46H80O10/c1-3-5-7-9-11-13-15-16-17-18-19-20-21-22-23-24-25-27-29-31-33-35-42(49)55-39(38-54-46-45(52)44(51)43(50)40(36-47)56-46)37-53-41(48)34-32-30-28-26-14-12-10-8-6-4-2/h5,7,11,13,16-17,19-20,39-40,43-47,50-52H,3-4,6,8-10,12,14-15,18,21-38H2,1-2H3/b7-5-,13-11-,17-16-,20-19-. The van der Waals surface area contributed by atoms with Crippen LogP contribution in [0.5, 0.6) is 0 Å². The van der Waals surface area contributed by atoms with E-state index in [-0.39, 0.29) is 32.0 Å². The highest BCUT2D eigenvalue weighted by atomic mass is 16.7. The van der Waals surface area contributed by atoms with Gasteiger partial charge in [-0.2, -0.15) is 0 Å². The number of esters is 2. The number of aliphatic hydroxyl groups is 4. The molecule has 1 saturated heterocycles. The fourth-order valence-corrected chi connectivity index (χ4v) is 6.47. The molecule has 0 aliphatic carbocycles. The Morgan fingerprint density at radius 2 is 1.05 bits per heavy atom. The molecule has 0 bridgehead atoms. The van der Waals surface area contributed by atoms with Gasteiger partial charge in [-0.25, -0.2) is 0 Å². The van der Waals surface area contributed by atoms with E-state index >= 15 is 0 Å². The third-order valence-corrected chi connectivity index (χ3v) is 9.98. The molecule has 10 nitrogen and oxygen atoms in total. The molecule has 4 N–H and O–H groups in total.